The fraction of sp³-hybridized carbons (Fsp3) is 0.847. The second-order valence-electron chi connectivity index (χ2n) is 21.0. The highest BCUT2D eigenvalue weighted by Crippen LogP contribution is 2.43. The van der Waals surface area contributed by atoms with Gasteiger partial charge in [-0.05, 0) is 51.4 Å². The van der Waals surface area contributed by atoms with Crippen LogP contribution >= 0.6 is 7.82 Å². The second-order valence-corrected chi connectivity index (χ2v) is 22.4. The number of likely N-dealkylation sites (N-methyl/N-ethyl adjacent to an activating group) is 1. The third kappa shape index (κ3) is 52.3. The molecule has 8 nitrogen and oxygen atoms in total. The molecule has 0 aliphatic heterocycles. The van der Waals surface area contributed by atoms with Crippen LogP contribution in [0.3, 0.4) is 0 Å². The van der Waals surface area contributed by atoms with Crippen molar-refractivity contribution in [2.75, 3.05) is 40.9 Å². The minimum Gasteiger partial charge on any atom is -0.391 e. The molecule has 400 valence electrons. The first-order valence-electron chi connectivity index (χ1n) is 29.0. The van der Waals surface area contributed by atoms with Crippen molar-refractivity contribution in [3.05, 3.63) is 48.6 Å². The van der Waals surface area contributed by atoms with Gasteiger partial charge in [-0.2, -0.15) is 0 Å². The van der Waals surface area contributed by atoms with Gasteiger partial charge in [0, 0.05) is 6.42 Å². The third-order valence-electron chi connectivity index (χ3n) is 13.1. The summed E-state index contributed by atoms with van der Waals surface area (Å²) in [6.07, 6.45) is 65.9. The predicted octanol–water partition coefficient (Wildman–Crippen LogP) is 17.5. The molecule has 1 amide bonds. The van der Waals surface area contributed by atoms with Crippen molar-refractivity contribution in [1.82, 2.24) is 5.32 Å². The Morgan fingerprint density at radius 3 is 1.29 bits per heavy atom. The van der Waals surface area contributed by atoms with Crippen molar-refractivity contribution in [1.29, 1.82) is 0 Å². The Hall–Kier alpha value is -1.54. The molecule has 0 radical (unpaired) electrons. The van der Waals surface area contributed by atoms with Crippen LogP contribution < -0.4 is 5.32 Å². The molecule has 0 saturated carbocycles. The van der Waals surface area contributed by atoms with Crippen LogP contribution in [0.1, 0.15) is 271 Å². The number of carbonyl (C=O) groups is 1. The summed E-state index contributed by atoms with van der Waals surface area (Å²) < 4.78 is 23.8. The summed E-state index contributed by atoms with van der Waals surface area (Å²) in [6, 6.07) is -0.762. The van der Waals surface area contributed by atoms with Gasteiger partial charge in [-0.1, -0.05) is 262 Å². The molecule has 0 aromatic carbocycles. The van der Waals surface area contributed by atoms with Crippen molar-refractivity contribution < 1.29 is 32.9 Å². The second kappa shape index (κ2) is 50.4. The first-order chi connectivity index (χ1) is 33.0. The zero-order valence-electron chi connectivity index (χ0n) is 45.6. The summed E-state index contributed by atoms with van der Waals surface area (Å²) in [6.45, 7) is 4.81. The molecule has 0 aliphatic rings. The number of rotatable bonds is 53. The van der Waals surface area contributed by atoms with Gasteiger partial charge in [0.1, 0.15) is 13.2 Å². The van der Waals surface area contributed by atoms with E-state index in [1.807, 2.05) is 21.1 Å². The highest BCUT2D eigenvalue weighted by molar-refractivity contribution is 7.47. The Bertz CT molecular complexity index is 1250. The van der Waals surface area contributed by atoms with Gasteiger partial charge in [-0.25, -0.2) is 4.57 Å². The molecule has 0 aromatic rings. The molecule has 0 spiro atoms. The van der Waals surface area contributed by atoms with E-state index in [-0.39, 0.29) is 19.1 Å². The SMILES string of the molecule is CC/C=C\C/C=C\C/C=C\C/C=C\CCCCCCCCCCCCCCCCC(=O)NC(COP(=O)(O)OCC[N+](C)(C)C)C(O)CCCCCCCCCCCCCCCCCCCCC. The molecule has 0 aliphatic carbocycles. The summed E-state index contributed by atoms with van der Waals surface area (Å²) >= 11 is 0. The average molecular weight is 979 g/mol. The molecule has 9 heteroatoms. The van der Waals surface area contributed by atoms with E-state index in [1.165, 1.54) is 180 Å². The number of phosphoric acid groups is 1. The molecule has 0 saturated heterocycles. The van der Waals surface area contributed by atoms with Crippen LogP contribution in [0.25, 0.3) is 0 Å². The van der Waals surface area contributed by atoms with Crippen molar-refractivity contribution >= 4 is 13.7 Å². The number of phosphoric ester groups is 1. The lowest BCUT2D eigenvalue weighted by Gasteiger charge is -2.26. The van der Waals surface area contributed by atoms with E-state index in [9.17, 15) is 19.4 Å². The summed E-state index contributed by atoms with van der Waals surface area (Å²) in [5.74, 6) is -0.143. The Morgan fingerprint density at radius 1 is 0.515 bits per heavy atom. The Balaban J connectivity index is 4.14. The zero-order chi connectivity index (χ0) is 49.9. The molecule has 3 unspecified atom stereocenters. The minimum atomic E-state index is -4.32. The highest BCUT2D eigenvalue weighted by Gasteiger charge is 2.28. The topological polar surface area (TPSA) is 105 Å². The van der Waals surface area contributed by atoms with Gasteiger partial charge >= 0.3 is 7.82 Å². The van der Waals surface area contributed by atoms with Gasteiger partial charge in [0.15, 0.2) is 0 Å². The molecule has 0 fully saturated rings. The first-order valence-corrected chi connectivity index (χ1v) is 30.5. The minimum absolute atomic E-state index is 0.0746. The molecular weight excluding hydrogens is 864 g/mol. The number of quaternary nitrogens is 1. The van der Waals surface area contributed by atoms with Crippen LogP contribution in [0.5, 0.6) is 0 Å². The number of aliphatic hydroxyl groups excluding tert-OH is 1. The van der Waals surface area contributed by atoms with Gasteiger partial charge in [-0.3, -0.25) is 13.8 Å². The van der Waals surface area contributed by atoms with Gasteiger partial charge in [0.2, 0.25) is 5.91 Å². The maximum absolute atomic E-state index is 13.0. The highest BCUT2D eigenvalue weighted by atomic mass is 31.2. The molecule has 0 heterocycles. The van der Waals surface area contributed by atoms with Gasteiger partial charge in [0.25, 0.3) is 0 Å². The third-order valence-corrected chi connectivity index (χ3v) is 14.1. The van der Waals surface area contributed by atoms with Crippen molar-refractivity contribution in [3.63, 3.8) is 0 Å². The van der Waals surface area contributed by atoms with Crippen LogP contribution in [-0.2, 0) is 18.4 Å². The Morgan fingerprint density at radius 2 is 0.882 bits per heavy atom. The van der Waals surface area contributed by atoms with E-state index >= 15 is 0 Å². The molecule has 68 heavy (non-hydrogen) atoms. The molecule has 0 rings (SSSR count). The Kier molecular flexibility index (Phi) is 49.3. The van der Waals surface area contributed by atoms with Gasteiger partial charge in [0.05, 0.1) is 39.9 Å². The maximum atomic E-state index is 13.0. The lowest BCUT2D eigenvalue weighted by atomic mass is 10.0. The summed E-state index contributed by atoms with van der Waals surface area (Å²) in [5, 5.41) is 14.1. The number of aliphatic hydroxyl groups is 1. The van der Waals surface area contributed by atoms with Crippen molar-refractivity contribution in [3.8, 4) is 0 Å². The fourth-order valence-electron chi connectivity index (χ4n) is 8.57. The van der Waals surface area contributed by atoms with Crippen LogP contribution in [0.15, 0.2) is 48.6 Å². The van der Waals surface area contributed by atoms with E-state index in [2.05, 4.69) is 67.8 Å². The van der Waals surface area contributed by atoms with Gasteiger partial charge in [-0.15, -0.1) is 0 Å². The van der Waals surface area contributed by atoms with Crippen LogP contribution in [-0.4, -0.2) is 73.4 Å². The number of hydrogen-bond acceptors (Lipinski definition) is 5. The average Bonchev–Trinajstić information content (AvgIpc) is 3.30. The van der Waals surface area contributed by atoms with E-state index in [1.54, 1.807) is 0 Å². The Labute approximate surface area is 422 Å². The number of hydrogen-bond donors (Lipinski definition) is 3. The fourth-order valence-corrected chi connectivity index (χ4v) is 9.31. The standard InChI is InChI=1S/C59H113N2O6P/c1-6-8-10-12-14-16-18-20-22-24-26-27-28-29-30-31-32-33-35-37-39-41-43-45-47-49-51-53-59(63)60-57(56-67-68(64,65)66-55-54-61(3,4)5)58(62)52-50-48-46-44-42-40-38-36-34-25-23-21-19-17-15-13-11-9-7-2/h8,10,14,16,20,22,26-27,57-58,62H,6-7,9,11-13,15,17-19,21,23-25,28-56H2,1-5H3,(H-,60,63,64,65)/p+1/b10-8-,16-14-,22-20-,27-26-. The number of nitrogens with one attached hydrogen (secondary N) is 1. The van der Waals surface area contributed by atoms with Crippen LogP contribution in [0.4, 0.5) is 0 Å². The number of nitrogens with zero attached hydrogens (tertiary/aromatic N) is 1. The van der Waals surface area contributed by atoms with E-state index in [0.717, 1.165) is 64.2 Å². The quantitative estimate of drug-likeness (QED) is 0.0243. The lowest BCUT2D eigenvalue weighted by Crippen LogP contribution is -2.46. The van der Waals surface area contributed by atoms with E-state index < -0.39 is 20.0 Å². The molecule has 0 bridgehead atoms. The normalized spacial score (nSPS) is 14.3. The molecule has 0 aromatic heterocycles. The zero-order valence-corrected chi connectivity index (χ0v) is 46.5. The van der Waals surface area contributed by atoms with Gasteiger partial charge < -0.3 is 19.8 Å². The molecule has 3 atom stereocenters. The summed E-state index contributed by atoms with van der Waals surface area (Å²) in [5.41, 5.74) is 0. The largest absolute Gasteiger partial charge is 0.472 e. The van der Waals surface area contributed by atoms with E-state index in [0.29, 0.717) is 23.9 Å². The van der Waals surface area contributed by atoms with Crippen LogP contribution in [0, 0.1) is 0 Å². The molecule has 3 N–H and O–H groups in total. The monoisotopic (exact) mass is 978 g/mol. The summed E-state index contributed by atoms with van der Waals surface area (Å²) in [4.78, 5) is 23.3. The summed E-state index contributed by atoms with van der Waals surface area (Å²) in [7, 11) is 1.62. The first kappa shape index (κ1) is 66.5. The number of unbranched alkanes of at least 4 members (excludes halogenated alkanes) is 32. The molecular formula is C59H114N2O6P+. The number of allylic oxidation sites excluding steroid dienone is 8. The lowest BCUT2D eigenvalue weighted by molar-refractivity contribution is -0.870. The smallest absolute Gasteiger partial charge is 0.391 e. The van der Waals surface area contributed by atoms with Crippen LogP contribution in [0.2, 0.25) is 0 Å². The number of amides is 1. The predicted molar refractivity (Wildman–Crippen MR) is 295 cm³/mol. The van der Waals surface area contributed by atoms with E-state index in [4.69, 9.17) is 9.05 Å². The van der Waals surface area contributed by atoms with Crippen molar-refractivity contribution in [2.45, 2.75) is 283 Å². The number of carbonyl (C=O) groups excluding carboxylic acids is 1. The maximum Gasteiger partial charge on any atom is 0.472 e. The van der Waals surface area contributed by atoms with Crippen molar-refractivity contribution in [2.24, 2.45) is 0 Å².